The van der Waals surface area contributed by atoms with E-state index in [-0.39, 0.29) is 22.2 Å². The molecule has 1 aliphatic heterocycles. The van der Waals surface area contributed by atoms with Crippen molar-refractivity contribution in [2.75, 3.05) is 10.0 Å². The summed E-state index contributed by atoms with van der Waals surface area (Å²) in [6, 6.07) is 12.5. The van der Waals surface area contributed by atoms with Crippen LogP contribution in [0.2, 0.25) is 0 Å². The van der Waals surface area contributed by atoms with Gasteiger partial charge in [0.15, 0.2) is 0 Å². The number of sulfonamides is 1. The van der Waals surface area contributed by atoms with Crippen LogP contribution in [-0.2, 0) is 19.6 Å². The number of rotatable bonds is 6. The lowest BCUT2D eigenvalue weighted by Crippen LogP contribution is -2.48. The Morgan fingerprint density at radius 3 is 2.25 bits per heavy atom. The molecule has 1 heterocycles. The maximum absolute atomic E-state index is 12.9. The summed E-state index contributed by atoms with van der Waals surface area (Å²) in [6.07, 6.45) is 2.81. The van der Waals surface area contributed by atoms with Crippen LogP contribution in [0, 0.1) is 0 Å². The lowest BCUT2D eigenvalue weighted by Gasteiger charge is -2.24. The molecule has 3 N–H and O–H groups in total. The summed E-state index contributed by atoms with van der Waals surface area (Å²) in [6.45, 7) is 1.47. The molecule has 1 unspecified atom stereocenters. The molecule has 1 spiro atoms. The van der Waals surface area contributed by atoms with Gasteiger partial charge in [-0.15, -0.1) is 0 Å². The minimum Gasteiger partial charge on any atom is -0.323 e. The van der Waals surface area contributed by atoms with Gasteiger partial charge in [-0.05, 0) is 44.0 Å². The van der Waals surface area contributed by atoms with Crippen molar-refractivity contribution in [2.24, 2.45) is 0 Å². The molecule has 2 fully saturated rings. The van der Waals surface area contributed by atoms with E-state index in [1.807, 2.05) is 0 Å². The Labute approximate surface area is 186 Å². The van der Waals surface area contributed by atoms with Crippen LogP contribution in [0.15, 0.2) is 59.5 Å². The Morgan fingerprint density at radius 2 is 1.59 bits per heavy atom. The van der Waals surface area contributed by atoms with E-state index < -0.39 is 33.5 Å². The second-order valence-electron chi connectivity index (χ2n) is 8.02. The average molecular weight is 457 g/mol. The minimum atomic E-state index is -3.87. The summed E-state index contributed by atoms with van der Waals surface area (Å²) in [5.74, 6) is -0.990. The van der Waals surface area contributed by atoms with E-state index in [1.165, 1.54) is 31.2 Å². The van der Waals surface area contributed by atoms with Crippen molar-refractivity contribution >= 4 is 39.2 Å². The van der Waals surface area contributed by atoms with Gasteiger partial charge in [-0.2, -0.15) is 0 Å². The number of hydrogen-bond donors (Lipinski definition) is 3. The standard InChI is InChI=1S/C22H24N4O5S/c1-15(26-20(28)22(24-21(26)29)13-7-8-14-22)19(27)23-17-11-5-6-12-18(17)25-32(30,31)16-9-3-2-4-10-16/h2-6,9-12,15,25H,7-8,13-14H2,1H3,(H,23,27)(H,24,29). The molecule has 1 saturated carbocycles. The summed E-state index contributed by atoms with van der Waals surface area (Å²) in [5.41, 5.74) is -0.526. The van der Waals surface area contributed by atoms with Crippen molar-refractivity contribution in [1.29, 1.82) is 0 Å². The molecule has 2 aliphatic rings. The van der Waals surface area contributed by atoms with E-state index in [0.717, 1.165) is 17.7 Å². The Hall–Kier alpha value is -3.40. The molecule has 2 aromatic carbocycles. The van der Waals surface area contributed by atoms with E-state index in [9.17, 15) is 22.8 Å². The number of carbonyl (C=O) groups is 3. The van der Waals surface area contributed by atoms with Crippen LogP contribution in [0.25, 0.3) is 0 Å². The number of nitrogens with one attached hydrogen (secondary N) is 3. The molecule has 9 nitrogen and oxygen atoms in total. The number of para-hydroxylation sites is 2. The average Bonchev–Trinajstić information content (AvgIpc) is 3.34. The molecule has 10 heteroatoms. The topological polar surface area (TPSA) is 125 Å². The highest BCUT2D eigenvalue weighted by atomic mass is 32.2. The van der Waals surface area contributed by atoms with Gasteiger partial charge in [0.25, 0.3) is 15.9 Å². The number of amides is 4. The van der Waals surface area contributed by atoms with E-state index in [1.54, 1.807) is 30.3 Å². The summed E-state index contributed by atoms with van der Waals surface area (Å²) < 4.78 is 27.8. The molecule has 0 aromatic heterocycles. The van der Waals surface area contributed by atoms with E-state index in [4.69, 9.17) is 0 Å². The number of hydrogen-bond acceptors (Lipinski definition) is 5. The summed E-state index contributed by atoms with van der Waals surface area (Å²) >= 11 is 0. The Morgan fingerprint density at radius 1 is 1.00 bits per heavy atom. The van der Waals surface area contributed by atoms with Crippen molar-refractivity contribution in [3.63, 3.8) is 0 Å². The third-order valence-corrected chi connectivity index (χ3v) is 7.28. The summed E-state index contributed by atoms with van der Waals surface area (Å²) in [4.78, 5) is 39.4. The van der Waals surface area contributed by atoms with Crippen molar-refractivity contribution in [3.05, 3.63) is 54.6 Å². The van der Waals surface area contributed by atoms with Gasteiger partial charge in [-0.1, -0.05) is 43.2 Å². The van der Waals surface area contributed by atoms with Crippen LogP contribution >= 0.6 is 0 Å². The Bertz CT molecular complexity index is 1160. The molecule has 1 saturated heterocycles. The maximum atomic E-state index is 12.9. The zero-order valence-electron chi connectivity index (χ0n) is 17.5. The van der Waals surface area contributed by atoms with E-state index in [2.05, 4.69) is 15.4 Å². The lowest BCUT2D eigenvalue weighted by atomic mass is 9.97. The first-order valence-corrected chi connectivity index (χ1v) is 11.9. The predicted octanol–water partition coefficient (Wildman–Crippen LogP) is 2.68. The number of nitrogens with zero attached hydrogens (tertiary/aromatic N) is 1. The third-order valence-electron chi connectivity index (χ3n) is 5.90. The second-order valence-corrected chi connectivity index (χ2v) is 9.71. The zero-order chi connectivity index (χ0) is 22.9. The highest BCUT2D eigenvalue weighted by molar-refractivity contribution is 7.92. The molecule has 1 atom stereocenters. The van der Waals surface area contributed by atoms with Crippen molar-refractivity contribution in [2.45, 2.75) is 49.1 Å². The lowest BCUT2D eigenvalue weighted by molar-refractivity contribution is -0.136. The quantitative estimate of drug-likeness (QED) is 0.577. The van der Waals surface area contributed by atoms with Crippen LogP contribution in [0.5, 0.6) is 0 Å². The van der Waals surface area contributed by atoms with Crippen molar-refractivity contribution in [3.8, 4) is 0 Å². The van der Waals surface area contributed by atoms with Gasteiger partial charge >= 0.3 is 6.03 Å². The van der Waals surface area contributed by atoms with E-state index in [0.29, 0.717) is 12.8 Å². The number of urea groups is 1. The first-order valence-electron chi connectivity index (χ1n) is 10.4. The fourth-order valence-electron chi connectivity index (χ4n) is 4.15. The molecular weight excluding hydrogens is 432 g/mol. The number of anilines is 2. The fraction of sp³-hybridized carbons (Fsp3) is 0.318. The fourth-order valence-corrected chi connectivity index (χ4v) is 5.25. The molecule has 4 amide bonds. The molecule has 0 radical (unpaired) electrons. The molecular formula is C22H24N4O5S. The van der Waals surface area contributed by atoms with Gasteiger partial charge < -0.3 is 10.6 Å². The SMILES string of the molecule is CC(C(=O)Nc1ccccc1NS(=O)(=O)c1ccccc1)N1C(=O)NC2(CCCC2)C1=O. The molecule has 0 bridgehead atoms. The highest BCUT2D eigenvalue weighted by Crippen LogP contribution is 2.36. The molecule has 1 aliphatic carbocycles. The first-order chi connectivity index (χ1) is 15.2. The van der Waals surface area contributed by atoms with Gasteiger partial charge in [0.1, 0.15) is 11.6 Å². The zero-order valence-corrected chi connectivity index (χ0v) is 18.3. The number of carbonyl (C=O) groups excluding carboxylic acids is 3. The highest BCUT2D eigenvalue weighted by Gasteiger charge is 2.54. The van der Waals surface area contributed by atoms with Gasteiger partial charge in [-0.25, -0.2) is 18.1 Å². The molecule has 168 valence electrons. The largest absolute Gasteiger partial charge is 0.325 e. The molecule has 4 rings (SSSR count). The minimum absolute atomic E-state index is 0.0793. The third kappa shape index (κ3) is 3.93. The van der Waals surface area contributed by atoms with Gasteiger partial charge in [-0.3, -0.25) is 14.3 Å². The molecule has 32 heavy (non-hydrogen) atoms. The molecule has 2 aromatic rings. The smallest absolute Gasteiger partial charge is 0.323 e. The Balaban J connectivity index is 1.52. The summed E-state index contributed by atoms with van der Waals surface area (Å²) in [5, 5.41) is 5.40. The number of imide groups is 1. The van der Waals surface area contributed by atoms with Crippen LogP contribution in [0.3, 0.4) is 0 Å². The number of benzene rings is 2. The summed E-state index contributed by atoms with van der Waals surface area (Å²) in [7, 11) is -3.87. The van der Waals surface area contributed by atoms with E-state index >= 15 is 0 Å². The van der Waals surface area contributed by atoms with Crippen LogP contribution < -0.4 is 15.4 Å². The van der Waals surface area contributed by atoms with Gasteiger partial charge in [0, 0.05) is 0 Å². The normalized spacial score (nSPS) is 18.5. The van der Waals surface area contributed by atoms with Crippen LogP contribution in [0.1, 0.15) is 32.6 Å². The van der Waals surface area contributed by atoms with Crippen LogP contribution in [0.4, 0.5) is 16.2 Å². The monoisotopic (exact) mass is 456 g/mol. The van der Waals surface area contributed by atoms with Crippen molar-refractivity contribution < 1.29 is 22.8 Å². The first kappa shape index (κ1) is 21.8. The predicted molar refractivity (Wildman–Crippen MR) is 118 cm³/mol. The maximum Gasteiger partial charge on any atom is 0.325 e. The van der Waals surface area contributed by atoms with Gasteiger partial charge in [0.2, 0.25) is 5.91 Å². The second kappa shape index (κ2) is 8.27. The van der Waals surface area contributed by atoms with Crippen LogP contribution in [-0.4, -0.2) is 42.7 Å². The Kier molecular flexibility index (Phi) is 5.64. The van der Waals surface area contributed by atoms with Gasteiger partial charge in [0.05, 0.1) is 16.3 Å². The van der Waals surface area contributed by atoms with Crippen molar-refractivity contribution in [1.82, 2.24) is 10.2 Å².